The second-order valence-corrected chi connectivity index (χ2v) is 4.50. The van der Waals surface area contributed by atoms with Gasteiger partial charge in [0.25, 0.3) is 0 Å². The lowest BCUT2D eigenvalue weighted by atomic mass is 10.2. The van der Waals surface area contributed by atoms with E-state index in [2.05, 4.69) is 15.0 Å². The molecule has 2 rings (SSSR count). The minimum Gasteiger partial charge on any atom is -0.406 e. The maximum absolute atomic E-state index is 12.0. The summed E-state index contributed by atoms with van der Waals surface area (Å²) in [6.07, 6.45) is -4.67. The van der Waals surface area contributed by atoms with Crippen molar-refractivity contribution in [3.8, 4) is 17.0 Å². The largest absolute Gasteiger partial charge is 0.573 e. The molecule has 1 aromatic heterocycles. The van der Waals surface area contributed by atoms with Crippen LogP contribution >= 0.6 is 11.3 Å². The van der Waals surface area contributed by atoms with E-state index in [1.807, 2.05) is 12.3 Å². The highest BCUT2D eigenvalue weighted by atomic mass is 32.1. The number of thiazole rings is 1. The molecule has 7 heteroatoms. The van der Waals surface area contributed by atoms with Crippen molar-refractivity contribution in [3.63, 3.8) is 0 Å². The minimum absolute atomic E-state index is 0.238. The number of hydrogen-bond acceptors (Lipinski definition) is 4. The van der Waals surface area contributed by atoms with Crippen molar-refractivity contribution >= 4 is 16.5 Å². The third kappa shape index (κ3) is 3.85. The fourth-order valence-electron chi connectivity index (χ4n) is 1.47. The van der Waals surface area contributed by atoms with Crippen LogP contribution in [0.1, 0.15) is 6.92 Å². The molecule has 1 heterocycles. The van der Waals surface area contributed by atoms with Crippen LogP contribution in [0.4, 0.5) is 18.3 Å². The van der Waals surface area contributed by atoms with E-state index in [4.69, 9.17) is 0 Å². The highest BCUT2D eigenvalue weighted by Gasteiger charge is 2.30. The topological polar surface area (TPSA) is 34.2 Å². The van der Waals surface area contributed by atoms with Gasteiger partial charge < -0.3 is 10.1 Å². The smallest absolute Gasteiger partial charge is 0.406 e. The van der Waals surface area contributed by atoms with E-state index < -0.39 is 6.36 Å². The summed E-state index contributed by atoms with van der Waals surface area (Å²) in [6, 6.07) is 5.64. The molecule has 0 saturated carbocycles. The summed E-state index contributed by atoms with van der Waals surface area (Å²) < 4.78 is 39.8. The van der Waals surface area contributed by atoms with E-state index in [0.29, 0.717) is 0 Å². The third-order valence-corrected chi connectivity index (χ3v) is 3.02. The van der Waals surface area contributed by atoms with Gasteiger partial charge in [0.1, 0.15) is 5.75 Å². The molecule has 3 nitrogen and oxygen atoms in total. The van der Waals surface area contributed by atoms with Crippen LogP contribution in [0.5, 0.6) is 5.75 Å². The molecule has 0 aliphatic heterocycles. The first-order valence-electron chi connectivity index (χ1n) is 5.53. The first-order valence-corrected chi connectivity index (χ1v) is 6.41. The van der Waals surface area contributed by atoms with Crippen LogP contribution in [-0.4, -0.2) is 17.9 Å². The summed E-state index contributed by atoms with van der Waals surface area (Å²) in [5.74, 6) is -0.238. The van der Waals surface area contributed by atoms with Crippen molar-refractivity contribution in [3.05, 3.63) is 29.6 Å². The summed E-state index contributed by atoms with van der Waals surface area (Å²) in [7, 11) is 0. The van der Waals surface area contributed by atoms with Crippen LogP contribution in [0, 0.1) is 0 Å². The first kappa shape index (κ1) is 13.7. The number of hydrogen-bond donors (Lipinski definition) is 1. The van der Waals surface area contributed by atoms with E-state index in [0.717, 1.165) is 22.9 Å². The van der Waals surface area contributed by atoms with Gasteiger partial charge in [0, 0.05) is 17.5 Å². The minimum atomic E-state index is -4.67. The number of aromatic nitrogens is 1. The molecule has 2 aromatic rings. The number of benzene rings is 1. The molecule has 0 saturated heterocycles. The van der Waals surface area contributed by atoms with Crippen LogP contribution in [0.25, 0.3) is 11.3 Å². The zero-order valence-electron chi connectivity index (χ0n) is 9.99. The van der Waals surface area contributed by atoms with Crippen LogP contribution in [0.15, 0.2) is 29.6 Å². The lowest BCUT2D eigenvalue weighted by Gasteiger charge is -2.08. The Hall–Kier alpha value is -1.76. The van der Waals surface area contributed by atoms with Gasteiger partial charge in [-0.25, -0.2) is 4.98 Å². The Kier molecular flexibility index (Phi) is 3.94. The maximum atomic E-state index is 12.0. The molecule has 0 aliphatic carbocycles. The molecule has 0 fully saturated rings. The van der Waals surface area contributed by atoms with Gasteiger partial charge in [-0.2, -0.15) is 0 Å². The Labute approximate surface area is 112 Å². The SMILES string of the molecule is CCNc1nc(-c2ccc(OC(F)(F)F)cc2)cs1. The maximum Gasteiger partial charge on any atom is 0.573 e. The van der Waals surface area contributed by atoms with Crippen LogP contribution < -0.4 is 10.1 Å². The van der Waals surface area contributed by atoms with Crippen molar-refractivity contribution in [2.75, 3.05) is 11.9 Å². The van der Waals surface area contributed by atoms with Gasteiger partial charge in [-0.05, 0) is 31.2 Å². The molecule has 102 valence electrons. The molecule has 0 radical (unpaired) electrons. The number of halogens is 3. The van der Waals surface area contributed by atoms with Gasteiger partial charge in [0.15, 0.2) is 5.13 Å². The molecule has 0 amide bonds. The van der Waals surface area contributed by atoms with Gasteiger partial charge >= 0.3 is 6.36 Å². The number of nitrogens with one attached hydrogen (secondary N) is 1. The third-order valence-electron chi connectivity index (χ3n) is 2.22. The van der Waals surface area contributed by atoms with Gasteiger partial charge in [0.05, 0.1) is 5.69 Å². The molecule has 0 aliphatic rings. The summed E-state index contributed by atoms with van der Waals surface area (Å²) >= 11 is 1.45. The van der Waals surface area contributed by atoms with Crippen molar-refractivity contribution in [2.24, 2.45) is 0 Å². The van der Waals surface area contributed by atoms with E-state index >= 15 is 0 Å². The fourth-order valence-corrected chi connectivity index (χ4v) is 2.26. The summed E-state index contributed by atoms with van der Waals surface area (Å²) in [6.45, 7) is 2.73. The highest BCUT2D eigenvalue weighted by Crippen LogP contribution is 2.28. The monoisotopic (exact) mass is 288 g/mol. The van der Waals surface area contributed by atoms with Gasteiger partial charge in [-0.3, -0.25) is 0 Å². The molecule has 1 aromatic carbocycles. The standard InChI is InChI=1S/C12H11F3N2OS/c1-2-16-11-17-10(7-19-11)8-3-5-9(6-4-8)18-12(13,14)15/h3-7H,2H2,1H3,(H,16,17). The number of alkyl halides is 3. The second-order valence-electron chi connectivity index (χ2n) is 3.64. The zero-order chi connectivity index (χ0) is 13.9. The number of ether oxygens (including phenoxy) is 1. The van der Waals surface area contributed by atoms with Gasteiger partial charge in [-0.15, -0.1) is 24.5 Å². The average Bonchev–Trinajstić information content (AvgIpc) is 2.77. The number of anilines is 1. The van der Waals surface area contributed by atoms with Crippen LogP contribution in [0.2, 0.25) is 0 Å². The quantitative estimate of drug-likeness (QED) is 0.918. The molecular formula is C12H11F3N2OS. The Morgan fingerprint density at radius 2 is 1.95 bits per heavy atom. The molecule has 0 spiro atoms. The molecule has 0 unspecified atom stereocenters. The lowest BCUT2D eigenvalue weighted by molar-refractivity contribution is -0.274. The van der Waals surface area contributed by atoms with Crippen molar-refractivity contribution in [1.82, 2.24) is 4.98 Å². The van der Waals surface area contributed by atoms with E-state index in [1.165, 1.54) is 23.5 Å². The van der Waals surface area contributed by atoms with E-state index in [-0.39, 0.29) is 5.75 Å². The normalized spacial score (nSPS) is 11.4. The summed E-state index contributed by atoms with van der Waals surface area (Å²) in [5, 5.41) is 5.70. The number of nitrogens with zero attached hydrogens (tertiary/aromatic N) is 1. The van der Waals surface area contributed by atoms with Gasteiger partial charge in [-0.1, -0.05) is 0 Å². The molecule has 19 heavy (non-hydrogen) atoms. The van der Waals surface area contributed by atoms with Crippen molar-refractivity contribution in [2.45, 2.75) is 13.3 Å². The van der Waals surface area contributed by atoms with Crippen molar-refractivity contribution in [1.29, 1.82) is 0 Å². The summed E-state index contributed by atoms with van der Waals surface area (Å²) in [5.41, 5.74) is 1.47. The average molecular weight is 288 g/mol. The Morgan fingerprint density at radius 3 is 2.53 bits per heavy atom. The molecule has 0 atom stereocenters. The fraction of sp³-hybridized carbons (Fsp3) is 0.250. The molecular weight excluding hydrogens is 277 g/mol. The van der Waals surface area contributed by atoms with Crippen LogP contribution in [-0.2, 0) is 0 Å². The molecule has 0 bridgehead atoms. The number of rotatable bonds is 4. The lowest BCUT2D eigenvalue weighted by Crippen LogP contribution is -2.16. The van der Waals surface area contributed by atoms with Crippen molar-refractivity contribution < 1.29 is 17.9 Å². The molecule has 1 N–H and O–H groups in total. The highest BCUT2D eigenvalue weighted by molar-refractivity contribution is 7.14. The Morgan fingerprint density at radius 1 is 1.26 bits per heavy atom. The van der Waals surface area contributed by atoms with E-state index in [1.54, 1.807) is 12.1 Å². The predicted molar refractivity (Wildman–Crippen MR) is 68.4 cm³/mol. The first-order chi connectivity index (χ1) is 8.98. The predicted octanol–water partition coefficient (Wildman–Crippen LogP) is 4.14. The Bertz CT molecular complexity index is 537. The second kappa shape index (κ2) is 5.48. The summed E-state index contributed by atoms with van der Waals surface area (Å²) in [4.78, 5) is 4.32. The van der Waals surface area contributed by atoms with Gasteiger partial charge in [0.2, 0.25) is 0 Å². The Balaban J connectivity index is 2.13. The zero-order valence-corrected chi connectivity index (χ0v) is 10.8. The van der Waals surface area contributed by atoms with E-state index in [9.17, 15) is 13.2 Å². The van der Waals surface area contributed by atoms with Crippen LogP contribution in [0.3, 0.4) is 0 Å².